The lowest BCUT2D eigenvalue weighted by Crippen LogP contribution is -2.61. The minimum Gasteiger partial charge on any atom is -0.378 e. The number of halogens is 1. The maximum atomic E-state index is 12.3. The van der Waals surface area contributed by atoms with Gasteiger partial charge >= 0.3 is 6.03 Å². The predicted molar refractivity (Wildman–Crippen MR) is 68.7 cm³/mol. The quantitative estimate of drug-likeness (QED) is 0.694. The van der Waals surface area contributed by atoms with Crippen molar-refractivity contribution in [1.82, 2.24) is 15.1 Å². The van der Waals surface area contributed by atoms with E-state index in [1.807, 2.05) is 9.80 Å². The van der Waals surface area contributed by atoms with Crippen LogP contribution in [-0.2, 0) is 4.74 Å². The number of hydrogen-bond donors (Lipinski definition) is 1. The fourth-order valence-corrected chi connectivity index (χ4v) is 2.43. The molecule has 0 spiro atoms. The summed E-state index contributed by atoms with van der Waals surface area (Å²) in [6.45, 7) is 8.76. The molecule has 0 radical (unpaired) electrons. The predicted octanol–water partition coefficient (Wildman–Crippen LogP) is 0.543. The smallest absolute Gasteiger partial charge is 0.320 e. The van der Waals surface area contributed by atoms with E-state index < -0.39 is 0 Å². The van der Waals surface area contributed by atoms with Crippen LogP contribution in [0, 0.1) is 0 Å². The van der Waals surface area contributed by atoms with E-state index >= 15 is 0 Å². The molecule has 0 aromatic carbocycles. The third kappa shape index (κ3) is 3.24. The van der Waals surface area contributed by atoms with Crippen LogP contribution in [0.3, 0.4) is 0 Å². The van der Waals surface area contributed by atoms with Crippen molar-refractivity contribution in [3.05, 3.63) is 0 Å². The van der Waals surface area contributed by atoms with Crippen LogP contribution in [0.25, 0.3) is 0 Å². The van der Waals surface area contributed by atoms with Gasteiger partial charge in [0.25, 0.3) is 0 Å². The molecule has 2 fully saturated rings. The molecule has 100 valence electrons. The van der Waals surface area contributed by atoms with Crippen LogP contribution in [0.2, 0.25) is 0 Å². The van der Waals surface area contributed by atoms with E-state index in [9.17, 15) is 4.79 Å². The summed E-state index contributed by atoms with van der Waals surface area (Å²) in [5.74, 6) is 0. The molecule has 1 N–H and O–H groups in total. The number of nitrogens with one attached hydrogen (secondary N) is 1. The van der Waals surface area contributed by atoms with Crippen molar-refractivity contribution in [1.29, 1.82) is 0 Å². The molecule has 0 aromatic heterocycles. The van der Waals surface area contributed by atoms with E-state index in [-0.39, 0.29) is 30.5 Å². The molecule has 2 unspecified atom stereocenters. The Morgan fingerprint density at radius 3 is 2.24 bits per heavy atom. The zero-order chi connectivity index (χ0) is 11.5. The van der Waals surface area contributed by atoms with Gasteiger partial charge in [-0.2, -0.15) is 0 Å². The van der Waals surface area contributed by atoms with Crippen molar-refractivity contribution in [2.45, 2.75) is 25.9 Å². The van der Waals surface area contributed by atoms with Gasteiger partial charge in [0.05, 0.1) is 13.2 Å². The molecule has 17 heavy (non-hydrogen) atoms. The Hall–Kier alpha value is -0.520. The monoisotopic (exact) mass is 263 g/mol. The number of piperazine rings is 1. The zero-order valence-corrected chi connectivity index (χ0v) is 11.3. The standard InChI is InChI=1S/C11H21N3O2.ClH/c1-9-7-12-8-10(2)14(9)11(15)13-3-5-16-6-4-13;/h9-10,12H,3-8H2,1-2H3;1H. The Morgan fingerprint density at radius 2 is 1.71 bits per heavy atom. The SMILES string of the molecule is CC1CNCC(C)N1C(=O)N1CCOCC1.Cl. The molecule has 0 aliphatic carbocycles. The van der Waals surface area contributed by atoms with Crippen molar-refractivity contribution in [2.24, 2.45) is 0 Å². The molecule has 2 aliphatic rings. The molecule has 0 bridgehead atoms. The summed E-state index contributed by atoms with van der Waals surface area (Å²) >= 11 is 0. The second kappa shape index (κ2) is 6.42. The molecular formula is C11H22ClN3O2. The van der Waals surface area contributed by atoms with Crippen molar-refractivity contribution < 1.29 is 9.53 Å². The lowest BCUT2D eigenvalue weighted by atomic mass is 10.1. The Labute approximate surface area is 109 Å². The molecule has 2 heterocycles. The highest BCUT2D eigenvalue weighted by atomic mass is 35.5. The lowest BCUT2D eigenvalue weighted by molar-refractivity contribution is 0.0314. The molecular weight excluding hydrogens is 242 g/mol. The third-order valence-corrected chi connectivity index (χ3v) is 3.33. The molecule has 2 atom stereocenters. The first-order chi connectivity index (χ1) is 7.70. The highest BCUT2D eigenvalue weighted by molar-refractivity contribution is 5.85. The number of rotatable bonds is 0. The van der Waals surface area contributed by atoms with Crippen LogP contribution >= 0.6 is 12.4 Å². The molecule has 0 aromatic rings. The van der Waals surface area contributed by atoms with Crippen LogP contribution in [0.4, 0.5) is 4.79 Å². The van der Waals surface area contributed by atoms with Gasteiger partial charge in [0, 0.05) is 38.3 Å². The Balaban J connectivity index is 0.00000144. The highest BCUT2D eigenvalue weighted by Crippen LogP contribution is 2.13. The van der Waals surface area contributed by atoms with Gasteiger partial charge in [-0.25, -0.2) is 4.79 Å². The molecule has 2 saturated heterocycles. The van der Waals surface area contributed by atoms with Gasteiger partial charge < -0.3 is 19.9 Å². The number of morpholine rings is 1. The molecule has 2 aliphatic heterocycles. The van der Waals surface area contributed by atoms with Gasteiger partial charge in [-0.3, -0.25) is 0 Å². The number of urea groups is 1. The number of amides is 2. The second-order valence-corrected chi connectivity index (χ2v) is 4.65. The van der Waals surface area contributed by atoms with E-state index in [2.05, 4.69) is 19.2 Å². The number of nitrogens with zero attached hydrogens (tertiary/aromatic N) is 2. The maximum absolute atomic E-state index is 12.3. The minimum absolute atomic E-state index is 0. The van der Waals surface area contributed by atoms with E-state index in [0.29, 0.717) is 13.2 Å². The van der Waals surface area contributed by atoms with Gasteiger partial charge in [0.1, 0.15) is 0 Å². The van der Waals surface area contributed by atoms with Crippen LogP contribution in [0.5, 0.6) is 0 Å². The average Bonchev–Trinajstić information content (AvgIpc) is 2.30. The Morgan fingerprint density at radius 1 is 1.18 bits per heavy atom. The van der Waals surface area contributed by atoms with Crippen LogP contribution in [-0.4, -0.2) is 67.3 Å². The van der Waals surface area contributed by atoms with Gasteiger partial charge in [0.15, 0.2) is 0 Å². The van der Waals surface area contributed by atoms with E-state index in [4.69, 9.17) is 4.74 Å². The van der Waals surface area contributed by atoms with E-state index in [0.717, 1.165) is 26.2 Å². The van der Waals surface area contributed by atoms with Gasteiger partial charge in [-0.05, 0) is 13.8 Å². The first-order valence-corrected chi connectivity index (χ1v) is 6.06. The number of ether oxygens (including phenoxy) is 1. The molecule has 2 rings (SSSR count). The van der Waals surface area contributed by atoms with Gasteiger partial charge in [-0.1, -0.05) is 0 Å². The lowest BCUT2D eigenvalue weighted by Gasteiger charge is -2.42. The summed E-state index contributed by atoms with van der Waals surface area (Å²) in [4.78, 5) is 16.2. The molecule has 5 nitrogen and oxygen atoms in total. The summed E-state index contributed by atoms with van der Waals surface area (Å²) in [6.07, 6.45) is 0. The summed E-state index contributed by atoms with van der Waals surface area (Å²) in [5, 5.41) is 3.33. The second-order valence-electron chi connectivity index (χ2n) is 4.65. The van der Waals surface area contributed by atoms with E-state index in [1.54, 1.807) is 0 Å². The summed E-state index contributed by atoms with van der Waals surface area (Å²) in [5.41, 5.74) is 0. The highest BCUT2D eigenvalue weighted by Gasteiger charge is 2.32. The number of carbonyl (C=O) groups excluding carboxylic acids is 1. The van der Waals surface area contributed by atoms with Crippen LogP contribution in [0.15, 0.2) is 0 Å². The normalized spacial score (nSPS) is 29.8. The molecule has 2 amide bonds. The first-order valence-electron chi connectivity index (χ1n) is 6.06. The largest absolute Gasteiger partial charge is 0.378 e. The fraction of sp³-hybridized carbons (Fsp3) is 0.909. The van der Waals surface area contributed by atoms with Crippen molar-refractivity contribution in [3.63, 3.8) is 0 Å². The zero-order valence-electron chi connectivity index (χ0n) is 10.5. The van der Waals surface area contributed by atoms with Crippen LogP contribution in [0.1, 0.15) is 13.8 Å². The van der Waals surface area contributed by atoms with Crippen molar-refractivity contribution >= 4 is 18.4 Å². The molecule has 6 heteroatoms. The summed E-state index contributed by atoms with van der Waals surface area (Å²) < 4.78 is 5.27. The number of hydrogen-bond acceptors (Lipinski definition) is 3. The summed E-state index contributed by atoms with van der Waals surface area (Å²) in [7, 11) is 0. The van der Waals surface area contributed by atoms with Gasteiger partial charge in [-0.15, -0.1) is 12.4 Å². The fourth-order valence-electron chi connectivity index (χ4n) is 2.43. The molecule has 0 saturated carbocycles. The Bertz CT molecular complexity index is 249. The topological polar surface area (TPSA) is 44.8 Å². The van der Waals surface area contributed by atoms with Crippen LogP contribution < -0.4 is 5.32 Å². The third-order valence-electron chi connectivity index (χ3n) is 3.33. The Kier molecular flexibility index (Phi) is 5.49. The summed E-state index contributed by atoms with van der Waals surface area (Å²) in [6, 6.07) is 0.725. The van der Waals surface area contributed by atoms with Crippen molar-refractivity contribution in [2.75, 3.05) is 39.4 Å². The average molecular weight is 264 g/mol. The van der Waals surface area contributed by atoms with Gasteiger partial charge in [0.2, 0.25) is 0 Å². The van der Waals surface area contributed by atoms with Crippen molar-refractivity contribution in [3.8, 4) is 0 Å². The minimum atomic E-state index is 0. The van der Waals surface area contributed by atoms with E-state index in [1.165, 1.54) is 0 Å². The number of carbonyl (C=O) groups is 1. The first kappa shape index (κ1) is 14.5. The maximum Gasteiger partial charge on any atom is 0.320 e.